The number of ketones is 1. The molecule has 0 aliphatic carbocycles. The van der Waals surface area contributed by atoms with Crippen LogP contribution in [0.25, 0.3) is 0 Å². The Morgan fingerprint density at radius 3 is 2.47 bits per heavy atom. The van der Waals surface area contributed by atoms with Crippen molar-refractivity contribution in [1.29, 1.82) is 0 Å². The monoisotopic (exact) mass is 265 g/mol. The van der Waals surface area contributed by atoms with E-state index >= 15 is 0 Å². The second-order valence-corrected chi connectivity index (χ2v) is 5.62. The van der Waals surface area contributed by atoms with Gasteiger partial charge in [0.05, 0.1) is 12.1 Å². The average molecular weight is 265 g/mol. The van der Waals surface area contributed by atoms with Crippen molar-refractivity contribution in [1.82, 2.24) is 4.90 Å². The molecule has 0 atom stereocenters. The molecule has 1 aromatic carbocycles. The highest BCUT2D eigenvalue weighted by atomic mass is 19.1. The second-order valence-electron chi connectivity index (χ2n) is 5.62. The van der Waals surface area contributed by atoms with Gasteiger partial charge in [0.15, 0.2) is 5.78 Å². The van der Waals surface area contributed by atoms with Crippen LogP contribution in [0.2, 0.25) is 0 Å². The van der Waals surface area contributed by atoms with Crippen molar-refractivity contribution in [2.75, 3.05) is 19.6 Å². The molecule has 0 radical (unpaired) electrons. The van der Waals surface area contributed by atoms with Gasteiger partial charge in [-0.15, -0.1) is 0 Å². The Kier molecular flexibility index (Phi) is 4.32. The molecule has 104 valence electrons. The van der Waals surface area contributed by atoms with Crippen LogP contribution < -0.4 is 0 Å². The molecule has 1 N–H and O–H groups in total. The number of hydrogen-bond donors (Lipinski definition) is 1. The first-order valence-corrected chi connectivity index (χ1v) is 6.65. The second kappa shape index (κ2) is 5.80. The SMILES string of the molecule is CC1(O)CCN(CC(=O)Cc2ccc(F)cc2)CC1. The Balaban J connectivity index is 1.80. The fraction of sp³-hybridized carbons (Fsp3) is 0.533. The molecule has 0 spiro atoms. The summed E-state index contributed by atoms with van der Waals surface area (Å²) in [6.45, 7) is 3.75. The number of carbonyl (C=O) groups is 1. The zero-order valence-electron chi connectivity index (χ0n) is 11.2. The minimum Gasteiger partial charge on any atom is -0.390 e. The van der Waals surface area contributed by atoms with Crippen LogP contribution in [-0.2, 0) is 11.2 Å². The molecule has 0 unspecified atom stereocenters. The third-order valence-electron chi connectivity index (χ3n) is 3.65. The largest absolute Gasteiger partial charge is 0.390 e. The van der Waals surface area contributed by atoms with Gasteiger partial charge in [-0.1, -0.05) is 12.1 Å². The Bertz CT molecular complexity index is 432. The quantitative estimate of drug-likeness (QED) is 0.902. The number of nitrogens with zero attached hydrogens (tertiary/aromatic N) is 1. The van der Waals surface area contributed by atoms with Gasteiger partial charge in [0, 0.05) is 19.5 Å². The topological polar surface area (TPSA) is 40.5 Å². The van der Waals surface area contributed by atoms with Gasteiger partial charge in [0.1, 0.15) is 5.82 Å². The van der Waals surface area contributed by atoms with Crippen molar-refractivity contribution in [2.45, 2.75) is 31.8 Å². The third-order valence-corrected chi connectivity index (χ3v) is 3.65. The summed E-state index contributed by atoms with van der Waals surface area (Å²) < 4.78 is 12.8. The van der Waals surface area contributed by atoms with Crippen molar-refractivity contribution >= 4 is 5.78 Å². The van der Waals surface area contributed by atoms with Gasteiger partial charge in [-0.3, -0.25) is 9.69 Å². The summed E-state index contributed by atoms with van der Waals surface area (Å²) in [5.74, 6) is -0.150. The van der Waals surface area contributed by atoms with Crippen LogP contribution in [0.5, 0.6) is 0 Å². The zero-order chi connectivity index (χ0) is 13.9. The summed E-state index contributed by atoms with van der Waals surface area (Å²) in [4.78, 5) is 14.0. The molecule has 1 aliphatic rings. The van der Waals surface area contributed by atoms with Crippen molar-refractivity contribution in [3.63, 3.8) is 0 Å². The predicted molar refractivity (Wildman–Crippen MR) is 71.4 cm³/mol. The maximum Gasteiger partial charge on any atom is 0.151 e. The maximum atomic E-state index is 12.8. The van der Waals surface area contributed by atoms with E-state index in [1.807, 2.05) is 6.92 Å². The van der Waals surface area contributed by atoms with Gasteiger partial charge >= 0.3 is 0 Å². The van der Waals surface area contributed by atoms with Crippen molar-refractivity contribution < 1.29 is 14.3 Å². The summed E-state index contributed by atoms with van der Waals surface area (Å²) >= 11 is 0. The molecule has 0 saturated carbocycles. The number of halogens is 1. The van der Waals surface area contributed by atoms with Crippen LogP contribution in [-0.4, -0.2) is 41.0 Å². The number of piperidine rings is 1. The molecule has 1 heterocycles. The Morgan fingerprint density at radius 1 is 1.32 bits per heavy atom. The molecule has 0 aromatic heterocycles. The van der Waals surface area contributed by atoms with Gasteiger partial charge in [0.25, 0.3) is 0 Å². The smallest absolute Gasteiger partial charge is 0.151 e. The molecule has 2 rings (SSSR count). The van der Waals surface area contributed by atoms with Gasteiger partial charge in [0.2, 0.25) is 0 Å². The molecule has 1 aliphatic heterocycles. The lowest BCUT2D eigenvalue weighted by Crippen LogP contribution is -2.44. The minimum absolute atomic E-state index is 0.133. The number of Topliss-reactive ketones (excluding diaryl/α,β-unsaturated/α-hetero) is 1. The van der Waals surface area contributed by atoms with E-state index < -0.39 is 5.60 Å². The molecule has 0 bridgehead atoms. The fourth-order valence-corrected chi connectivity index (χ4v) is 2.33. The van der Waals surface area contributed by atoms with E-state index in [0.717, 1.165) is 18.7 Å². The molecule has 4 heteroatoms. The van der Waals surface area contributed by atoms with Crippen LogP contribution in [0.3, 0.4) is 0 Å². The fourth-order valence-electron chi connectivity index (χ4n) is 2.33. The first kappa shape index (κ1) is 14.2. The lowest BCUT2D eigenvalue weighted by Gasteiger charge is -2.35. The van der Waals surface area contributed by atoms with Gasteiger partial charge in [-0.05, 0) is 37.5 Å². The Labute approximate surface area is 113 Å². The van der Waals surface area contributed by atoms with Crippen molar-refractivity contribution in [2.24, 2.45) is 0 Å². The summed E-state index contributed by atoms with van der Waals surface area (Å²) in [5.41, 5.74) is 0.256. The van der Waals surface area contributed by atoms with E-state index in [1.165, 1.54) is 12.1 Å². The molecular weight excluding hydrogens is 245 g/mol. The lowest BCUT2D eigenvalue weighted by molar-refractivity contribution is -0.120. The van der Waals surface area contributed by atoms with Crippen LogP contribution in [0.1, 0.15) is 25.3 Å². The van der Waals surface area contributed by atoms with E-state index in [1.54, 1.807) is 12.1 Å². The molecule has 3 nitrogen and oxygen atoms in total. The Morgan fingerprint density at radius 2 is 1.89 bits per heavy atom. The third kappa shape index (κ3) is 4.40. The minimum atomic E-state index is -0.587. The maximum absolute atomic E-state index is 12.8. The number of likely N-dealkylation sites (tertiary alicyclic amines) is 1. The molecule has 19 heavy (non-hydrogen) atoms. The van der Waals surface area contributed by atoms with E-state index in [4.69, 9.17) is 0 Å². The van der Waals surface area contributed by atoms with E-state index in [9.17, 15) is 14.3 Å². The average Bonchev–Trinajstić information content (AvgIpc) is 2.35. The molecule has 1 fully saturated rings. The number of rotatable bonds is 4. The van der Waals surface area contributed by atoms with Gasteiger partial charge < -0.3 is 5.11 Å². The Hall–Kier alpha value is -1.26. The normalized spacial score (nSPS) is 19.3. The number of benzene rings is 1. The van der Waals surface area contributed by atoms with Gasteiger partial charge in [-0.25, -0.2) is 4.39 Å². The van der Waals surface area contributed by atoms with Crippen molar-refractivity contribution in [3.05, 3.63) is 35.6 Å². The van der Waals surface area contributed by atoms with Crippen molar-refractivity contribution in [3.8, 4) is 0 Å². The predicted octanol–water partition coefficient (Wildman–Crippen LogP) is 1.78. The summed E-state index contributed by atoms with van der Waals surface area (Å²) in [5, 5.41) is 9.84. The first-order chi connectivity index (χ1) is 8.94. The highest BCUT2D eigenvalue weighted by Gasteiger charge is 2.27. The standard InChI is InChI=1S/C15H20FNO2/c1-15(19)6-8-17(9-7-15)11-14(18)10-12-2-4-13(16)5-3-12/h2-5,19H,6-11H2,1H3. The van der Waals surface area contributed by atoms with E-state index in [0.29, 0.717) is 25.8 Å². The van der Waals surface area contributed by atoms with Crippen LogP contribution in [0.4, 0.5) is 4.39 Å². The lowest BCUT2D eigenvalue weighted by atomic mass is 9.93. The first-order valence-electron chi connectivity index (χ1n) is 6.65. The van der Waals surface area contributed by atoms with E-state index in [-0.39, 0.29) is 11.6 Å². The van der Waals surface area contributed by atoms with Gasteiger partial charge in [-0.2, -0.15) is 0 Å². The summed E-state index contributed by atoms with van der Waals surface area (Å²) in [7, 11) is 0. The number of carbonyl (C=O) groups excluding carboxylic acids is 1. The van der Waals surface area contributed by atoms with E-state index in [2.05, 4.69) is 4.90 Å². The highest BCUT2D eigenvalue weighted by molar-refractivity contribution is 5.82. The molecule has 1 saturated heterocycles. The van der Waals surface area contributed by atoms with Crippen LogP contribution >= 0.6 is 0 Å². The highest BCUT2D eigenvalue weighted by Crippen LogP contribution is 2.20. The molecule has 1 aromatic rings. The van der Waals surface area contributed by atoms with Crippen LogP contribution in [0, 0.1) is 5.82 Å². The number of aliphatic hydroxyl groups is 1. The summed E-state index contributed by atoms with van der Waals surface area (Å²) in [6, 6.07) is 6.05. The zero-order valence-corrected chi connectivity index (χ0v) is 11.2. The molecule has 0 amide bonds. The van der Waals surface area contributed by atoms with Crippen LogP contribution in [0.15, 0.2) is 24.3 Å². The summed E-state index contributed by atoms with van der Waals surface area (Å²) in [6.07, 6.45) is 1.75. The molecular formula is C15H20FNO2. The number of hydrogen-bond acceptors (Lipinski definition) is 3.